The molecule has 0 heterocycles. The lowest BCUT2D eigenvalue weighted by atomic mass is 10.1. The molecule has 0 aromatic carbocycles. The van der Waals surface area contributed by atoms with Gasteiger partial charge >= 0.3 is 39.2 Å². The van der Waals surface area contributed by atoms with Crippen LogP contribution in [0, 0.1) is 0 Å². The molecule has 0 aliphatic carbocycles. The van der Waals surface area contributed by atoms with Gasteiger partial charge in [-0.25, -0.2) is 4.79 Å². The summed E-state index contributed by atoms with van der Waals surface area (Å²) in [7, 11) is -5.96. The van der Waals surface area contributed by atoms with Crippen molar-refractivity contribution in [2.24, 2.45) is 0 Å². The molecule has 8 nitrogen and oxygen atoms in total. The van der Waals surface area contributed by atoms with Crippen LogP contribution in [0.25, 0.3) is 0 Å². The molecule has 0 bridgehead atoms. The van der Waals surface area contributed by atoms with Gasteiger partial charge < -0.3 is 14.4 Å². The van der Waals surface area contributed by atoms with E-state index in [1.165, 1.54) is 27.7 Å². The number of hydrogen-bond acceptors (Lipinski definition) is 6. The zero-order valence-electron chi connectivity index (χ0n) is 16.0. The molecule has 0 saturated heterocycles. The molecule has 1 N–H and O–H groups in total. The Morgan fingerprint density at radius 2 is 1.55 bits per heavy atom. The fourth-order valence-corrected chi connectivity index (χ4v) is 2.60. The van der Waals surface area contributed by atoms with Gasteiger partial charge in [0.05, 0.1) is 13.0 Å². The van der Waals surface area contributed by atoms with Crippen LogP contribution in [0.4, 0.5) is 22.0 Å². The molecule has 0 spiro atoms. The number of alkyl halides is 5. The standard InChI is InChI=1S/C15H22F5NO7S/c1-6-11(22)28-14(15(18,19)20,12(23)21(9(2)3)10(4)5)27-8-7-13(16,17)29(24,25)26/h6,9-10H,1,7-8H2,2-5H3,(H,24,25,26). The van der Waals surface area contributed by atoms with Crippen LogP contribution in [0.15, 0.2) is 12.7 Å². The SMILES string of the molecule is C=CC(=O)OC(OCCC(F)(F)S(=O)(=O)O)(C(=O)N(C(C)C)C(C)C)C(F)(F)F. The summed E-state index contributed by atoms with van der Waals surface area (Å²) >= 11 is 0. The van der Waals surface area contributed by atoms with Gasteiger partial charge in [0.1, 0.15) is 0 Å². The largest absolute Gasteiger partial charge is 0.466 e. The summed E-state index contributed by atoms with van der Waals surface area (Å²) < 4.78 is 106. The quantitative estimate of drug-likeness (QED) is 0.177. The van der Waals surface area contributed by atoms with E-state index in [0.29, 0.717) is 11.0 Å². The van der Waals surface area contributed by atoms with Gasteiger partial charge in [-0.15, -0.1) is 0 Å². The van der Waals surface area contributed by atoms with Crippen LogP contribution in [-0.2, 0) is 29.2 Å². The number of rotatable bonds is 10. The van der Waals surface area contributed by atoms with E-state index in [0.717, 1.165) is 0 Å². The minimum atomic E-state index is -5.96. The second-order valence-corrected chi connectivity index (χ2v) is 7.90. The summed E-state index contributed by atoms with van der Waals surface area (Å²) in [4.78, 5) is 24.8. The highest BCUT2D eigenvalue weighted by molar-refractivity contribution is 7.86. The third-order valence-electron chi connectivity index (χ3n) is 3.49. The predicted molar refractivity (Wildman–Crippen MR) is 89.3 cm³/mol. The maximum Gasteiger partial charge on any atom is 0.466 e. The zero-order chi connectivity index (χ0) is 23.4. The summed E-state index contributed by atoms with van der Waals surface area (Å²) in [6, 6.07) is -1.70. The molecule has 0 rings (SSSR count). The van der Waals surface area contributed by atoms with Crippen LogP contribution in [0.5, 0.6) is 0 Å². The van der Waals surface area contributed by atoms with Crippen molar-refractivity contribution in [3.05, 3.63) is 12.7 Å². The van der Waals surface area contributed by atoms with Crippen molar-refractivity contribution in [2.75, 3.05) is 6.61 Å². The highest BCUT2D eigenvalue weighted by Gasteiger charge is 2.68. The molecule has 1 atom stereocenters. The Morgan fingerprint density at radius 1 is 1.10 bits per heavy atom. The van der Waals surface area contributed by atoms with Crippen LogP contribution in [0.2, 0.25) is 0 Å². The van der Waals surface area contributed by atoms with Crippen molar-refractivity contribution in [1.82, 2.24) is 4.90 Å². The zero-order valence-corrected chi connectivity index (χ0v) is 16.8. The van der Waals surface area contributed by atoms with Crippen LogP contribution >= 0.6 is 0 Å². The fourth-order valence-electron chi connectivity index (χ4n) is 2.26. The van der Waals surface area contributed by atoms with E-state index in [1.807, 2.05) is 0 Å². The summed E-state index contributed by atoms with van der Waals surface area (Å²) in [6.45, 7) is 6.57. The molecule has 0 aromatic rings. The van der Waals surface area contributed by atoms with Gasteiger partial charge in [-0.3, -0.25) is 9.35 Å². The second kappa shape index (κ2) is 9.34. The topological polar surface area (TPSA) is 110 Å². The van der Waals surface area contributed by atoms with Gasteiger partial charge in [0.15, 0.2) is 0 Å². The van der Waals surface area contributed by atoms with Crippen LogP contribution in [-0.4, -0.2) is 65.7 Å². The Balaban J connectivity index is 6.25. The van der Waals surface area contributed by atoms with E-state index in [4.69, 9.17) is 4.55 Å². The lowest BCUT2D eigenvalue weighted by molar-refractivity contribution is -0.352. The van der Waals surface area contributed by atoms with Gasteiger partial charge in [0, 0.05) is 18.2 Å². The highest BCUT2D eigenvalue weighted by atomic mass is 32.2. The lowest BCUT2D eigenvalue weighted by Crippen LogP contribution is -2.64. The molecule has 29 heavy (non-hydrogen) atoms. The van der Waals surface area contributed by atoms with Crippen molar-refractivity contribution in [2.45, 2.75) is 63.4 Å². The van der Waals surface area contributed by atoms with Crippen molar-refractivity contribution in [3.8, 4) is 0 Å². The average Bonchev–Trinajstić information content (AvgIpc) is 2.50. The number of amides is 1. The van der Waals surface area contributed by atoms with Crippen molar-refractivity contribution < 1.29 is 54.0 Å². The molecule has 1 amide bonds. The van der Waals surface area contributed by atoms with E-state index in [1.54, 1.807) is 0 Å². The maximum absolute atomic E-state index is 13.8. The first kappa shape index (κ1) is 27.2. The van der Waals surface area contributed by atoms with Gasteiger partial charge in [0.25, 0.3) is 0 Å². The summed E-state index contributed by atoms with van der Waals surface area (Å²) in [5.74, 6) is -8.01. The Bertz CT molecular complexity index is 713. The van der Waals surface area contributed by atoms with E-state index < -0.39 is 64.3 Å². The summed E-state index contributed by atoms with van der Waals surface area (Å²) in [6.07, 6.45) is -7.40. The molecule has 0 radical (unpaired) electrons. The summed E-state index contributed by atoms with van der Waals surface area (Å²) in [5.41, 5.74) is 0. The molecule has 0 aromatic heterocycles. The molecule has 1 unspecified atom stereocenters. The number of esters is 1. The number of carbonyl (C=O) groups excluding carboxylic acids is 2. The third-order valence-corrected chi connectivity index (χ3v) is 4.45. The van der Waals surface area contributed by atoms with Crippen LogP contribution in [0.1, 0.15) is 34.1 Å². The third kappa shape index (κ3) is 6.34. The minimum absolute atomic E-state index is 0.291. The number of nitrogens with zero attached hydrogens (tertiary/aromatic N) is 1. The van der Waals surface area contributed by atoms with Gasteiger partial charge in [-0.2, -0.15) is 30.4 Å². The Hall–Kier alpha value is -1.80. The Morgan fingerprint density at radius 3 is 1.86 bits per heavy atom. The van der Waals surface area contributed by atoms with E-state index in [2.05, 4.69) is 16.1 Å². The second-order valence-electron chi connectivity index (χ2n) is 6.35. The van der Waals surface area contributed by atoms with Crippen molar-refractivity contribution >= 4 is 22.0 Å². The Kier molecular flexibility index (Phi) is 8.76. The van der Waals surface area contributed by atoms with E-state index >= 15 is 0 Å². The normalized spacial score (nSPS) is 15.2. The van der Waals surface area contributed by atoms with Gasteiger partial charge in [-0.1, -0.05) is 6.58 Å². The number of halogens is 5. The molecule has 14 heteroatoms. The first-order chi connectivity index (χ1) is 12.8. The number of hydrogen-bond donors (Lipinski definition) is 1. The summed E-state index contributed by atoms with van der Waals surface area (Å²) in [5, 5.41) is -4.87. The first-order valence-electron chi connectivity index (χ1n) is 8.07. The molecule has 0 fully saturated rings. The first-order valence-corrected chi connectivity index (χ1v) is 9.51. The minimum Gasteiger partial charge on any atom is -0.412 e. The van der Waals surface area contributed by atoms with Gasteiger partial charge in [0.2, 0.25) is 0 Å². The van der Waals surface area contributed by atoms with Crippen LogP contribution in [0.3, 0.4) is 0 Å². The van der Waals surface area contributed by atoms with Crippen molar-refractivity contribution in [1.29, 1.82) is 0 Å². The van der Waals surface area contributed by atoms with E-state index in [-0.39, 0.29) is 0 Å². The maximum atomic E-state index is 13.8. The molecule has 0 aliphatic heterocycles. The fraction of sp³-hybridized carbons (Fsp3) is 0.733. The molecular weight excluding hydrogens is 433 g/mol. The molecule has 0 saturated carbocycles. The smallest absolute Gasteiger partial charge is 0.412 e. The molecular formula is C15H22F5NO7S. The van der Waals surface area contributed by atoms with Gasteiger partial charge in [-0.05, 0) is 27.7 Å². The lowest BCUT2D eigenvalue weighted by Gasteiger charge is -2.40. The number of ether oxygens (including phenoxy) is 2. The van der Waals surface area contributed by atoms with E-state index in [9.17, 15) is 40.0 Å². The van der Waals surface area contributed by atoms with Crippen LogP contribution < -0.4 is 0 Å². The Labute approximate surface area is 164 Å². The monoisotopic (exact) mass is 455 g/mol. The predicted octanol–water partition coefficient (Wildman–Crippen LogP) is 2.51. The van der Waals surface area contributed by atoms with Crippen molar-refractivity contribution in [3.63, 3.8) is 0 Å². The average molecular weight is 455 g/mol. The number of carbonyl (C=O) groups is 2. The molecule has 0 aliphatic rings. The molecule has 170 valence electrons. The highest BCUT2D eigenvalue weighted by Crippen LogP contribution is 2.39.